The Morgan fingerprint density at radius 2 is 2.00 bits per heavy atom. The van der Waals surface area contributed by atoms with Crippen LogP contribution in [0.4, 0.5) is 5.82 Å². The van der Waals surface area contributed by atoms with Crippen LogP contribution in [0.3, 0.4) is 0 Å². The molecule has 0 atom stereocenters. The van der Waals surface area contributed by atoms with Crippen molar-refractivity contribution in [3.63, 3.8) is 0 Å². The van der Waals surface area contributed by atoms with Crippen LogP contribution in [0.25, 0.3) is 22.0 Å². The number of hydrogen-bond donors (Lipinski definition) is 1. The smallest absolute Gasteiger partial charge is 0.137 e. The first-order valence-corrected chi connectivity index (χ1v) is 8.70. The van der Waals surface area contributed by atoms with Gasteiger partial charge in [0, 0.05) is 35.2 Å². The lowest BCUT2D eigenvalue weighted by Crippen LogP contribution is -2.02. The van der Waals surface area contributed by atoms with Crippen LogP contribution in [0, 0.1) is 0 Å². The number of halogens is 1. The first kappa shape index (κ1) is 15.8. The summed E-state index contributed by atoms with van der Waals surface area (Å²) < 4.78 is 2.82. The van der Waals surface area contributed by atoms with E-state index >= 15 is 0 Å². The predicted molar refractivity (Wildman–Crippen MR) is 103 cm³/mol. The summed E-state index contributed by atoms with van der Waals surface area (Å²) in [5.74, 6) is 0.832. The first-order valence-electron chi connectivity index (χ1n) is 7.91. The molecule has 0 saturated carbocycles. The molecule has 4 aromatic rings. The first-order chi connectivity index (χ1) is 12.2. The largest absolute Gasteiger partial charge is 0.365 e. The van der Waals surface area contributed by atoms with Crippen LogP contribution in [-0.4, -0.2) is 19.7 Å². The van der Waals surface area contributed by atoms with E-state index in [0.717, 1.165) is 32.3 Å². The third-order valence-electron chi connectivity index (χ3n) is 4.02. The number of fused-ring (bicyclic) bond motifs is 1. The maximum Gasteiger partial charge on any atom is 0.137 e. The minimum Gasteiger partial charge on any atom is -0.365 e. The lowest BCUT2D eigenvalue weighted by atomic mass is 10.1. The fraction of sp³-hybridized carbons (Fsp3) is 0.105. The summed E-state index contributed by atoms with van der Waals surface area (Å²) in [6.45, 7) is 0.687. The number of anilines is 1. The molecule has 6 heteroatoms. The number of nitrogens with one attached hydrogen (secondary N) is 1. The molecule has 1 N–H and O–H groups in total. The monoisotopic (exact) mass is 393 g/mol. The number of aryl methyl sites for hydroxylation is 1. The van der Waals surface area contributed by atoms with Crippen molar-refractivity contribution in [2.45, 2.75) is 6.54 Å². The van der Waals surface area contributed by atoms with Crippen molar-refractivity contribution in [2.24, 2.45) is 7.05 Å². The Labute approximate surface area is 153 Å². The van der Waals surface area contributed by atoms with Crippen LogP contribution in [0.5, 0.6) is 0 Å². The van der Waals surface area contributed by atoms with Gasteiger partial charge in [0.1, 0.15) is 12.1 Å². The van der Waals surface area contributed by atoms with E-state index < -0.39 is 0 Å². The standard InChI is InChI=1S/C19H16BrN5/c1-25-11-15(10-24-25)14-4-2-3-13(7-14)9-21-19-17-8-16(20)5-6-18(17)22-12-23-19/h2-8,10-12H,9H2,1H3,(H,21,22,23). The van der Waals surface area contributed by atoms with Gasteiger partial charge in [0.15, 0.2) is 0 Å². The molecule has 0 spiro atoms. The minimum atomic E-state index is 0.687. The van der Waals surface area contributed by atoms with E-state index in [0.29, 0.717) is 6.54 Å². The number of benzene rings is 2. The second-order valence-electron chi connectivity index (χ2n) is 5.84. The quantitative estimate of drug-likeness (QED) is 0.557. The molecule has 0 fully saturated rings. The van der Waals surface area contributed by atoms with E-state index in [1.54, 1.807) is 6.33 Å². The van der Waals surface area contributed by atoms with Gasteiger partial charge in [0.2, 0.25) is 0 Å². The molecule has 2 heterocycles. The molecular formula is C19H16BrN5. The summed E-state index contributed by atoms with van der Waals surface area (Å²) in [7, 11) is 1.92. The average Bonchev–Trinajstić information content (AvgIpc) is 3.07. The highest BCUT2D eigenvalue weighted by Gasteiger charge is 2.05. The molecule has 0 unspecified atom stereocenters. The number of hydrogen-bond acceptors (Lipinski definition) is 4. The van der Waals surface area contributed by atoms with Crippen molar-refractivity contribution in [1.82, 2.24) is 19.7 Å². The lowest BCUT2D eigenvalue weighted by molar-refractivity contribution is 0.768. The van der Waals surface area contributed by atoms with E-state index in [-0.39, 0.29) is 0 Å². The number of nitrogens with zero attached hydrogens (tertiary/aromatic N) is 4. The summed E-state index contributed by atoms with van der Waals surface area (Å²) in [4.78, 5) is 8.70. The van der Waals surface area contributed by atoms with Crippen molar-refractivity contribution in [1.29, 1.82) is 0 Å². The van der Waals surface area contributed by atoms with Gasteiger partial charge in [-0.2, -0.15) is 5.10 Å². The summed E-state index contributed by atoms with van der Waals surface area (Å²) in [5, 5.41) is 8.66. The average molecular weight is 394 g/mol. The van der Waals surface area contributed by atoms with Crippen molar-refractivity contribution in [3.8, 4) is 11.1 Å². The molecule has 0 radical (unpaired) electrons. The summed E-state index contributed by atoms with van der Waals surface area (Å²) in [6, 6.07) is 14.4. The van der Waals surface area contributed by atoms with Gasteiger partial charge in [-0.25, -0.2) is 9.97 Å². The molecule has 0 aliphatic heterocycles. The zero-order valence-electron chi connectivity index (χ0n) is 13.6. The van der Waals surface area contributed by atoms with Gasteiger partial charge < -0.3 is 5.32 Å². The van der Waals surface area contributed by atoms with Crippen molar-refractivity contribution in [2.75, 3.05) is 5.32 Å². The van der Waals surface area contributed by atoms with Gasteiger partial charge >= 0.3 is 0 Å². The van der Waals surface area contributed by atoms with Crippen LogP contribution in [0.15, 0.2) is 65.7 Å². The zero-order chi connectivity index (χ0) is 17.2. The molecular weight excluding hydrogens is 378 g/mol. The Morgan fingerprint density at radius 3 is 2.84 bits per heavy atom. The van der Waals surface area contributed by atoms with E-state index in [1.807, 2.05) is 42.3 Å². The molecule has 0 aliphatic carbocycles. The highest BCUT2D eigenvalue weighted by atomic mass is 79.9. The maximum atomic E-state index is 4.39. The van der Waals surface area contributed by atoms with E-state index in [9.17, 15) is 0 Å². The van der Waals surface area contributed by atoms with Crippen LogP contribution < -0.4 is 5.32 Å². The Morgan fingerprint density at radius 1 is 1.08 bits per heavy atom. The van der Waals surface area contributed by atoms with Crippen molar-refractivity contribution >= 4 is 32.7 Å². The fourth-order valence-corrected chi connectivity index (χ4v) is 3.15. The number of aromatic nitrogens is 4. The van der Waals surface area contributed by atoms with Crippen LogP contribution in [0.2, 0.25) is 0 Å². The molecule has 124 valence electrons. The third kappa shape index (κ3) is 3.39. The molecule has 2 aromatic carbocycles. The normalized spacial score (nSPS) is 11.0. The maximum absolute atomic E-state index is 4.39. The molecule has 0 amide bonds. The summed E-state index contributed by atoms with van der Waals surface area (Å²) in [5.41, 5.74) is 4.37. The Kier molecular flexibility index (Phi) is 4.19. The zero-order valence-corrected chi connectivity index (χ0v) is 15.2. The van der Waals surface area contributed by atoms with E-state index in [2.05, 4.69) is 60.6 Å². The van der Waals surface area contributed by atoms with Gasteiger partial charge in [-0.15, -0.1) is 0 Å². The highest BCUT2D eigenvalue weighted by molar-refractivity contribution is 9.10. The van der Waals surface area contributed by atoms with Gasteiger partial charge in [0.25, 0.3) is 0 Å². The number of rotatable bonds is 4. The summed E-state index contributed by atoms with van der Waals surface area (Å²) >= 11 is 3.51. The molecule has 4 rings (SSSR count). The second-order valence-corrected chi connectivity index (χ2v) is 6.76. The SMILES string of the molecule is Cn1cc(-c2cccc(CNc3ncnc4ccc(Br)cc34)c2)cn1. The molecule has 25 heavy (non-hydrogen) atoms. The van der Waals surface area contributed by atoms with Crippen molar-refractivity contribution < 1.29 is 0 Å². The molecule has 2 aromatic heterocycles. The fourth-order valence-electron chi connectivity index (χ4n) is 2.79. The Hall–Kier alpha value is -2.73. The van der Waals surface area contributed by atoms with Gasteiger partial charge in [-0.05, 0) is 35.4 Å². The third-order valence-corrected chi connectivity index (χ3v) is 4.52. The molecule has 0 saturated heterocycles. The summed E-state index contributed by atoms with van der Waals surface area (Å²) in [6.07, 6.45) is 5.48. The molecule has 0 aliphatic rings. The highest BCUT2D eigenvalue weighted by Crippen LogP contribution is 2.24. The molecule has 5 nitrogen and oxygen atoms in total. The van der Waals surface area contributed by atoms with Gasteiger partial charge in [0.05, 0.1) is 11.7 Å². The minimum absolute atomic E-state index is 0.687. The van der Waals surface area contributed by atoms with Gasteiger partial charge in [-0.3, -0.25) is 4.68 Å². The topological polar surface area (TPSA) is 55.6 Å². The van der Waals surface area contributed by atoms with E-state index in [1.165, 1.54) is 5.56 Å². The van der Waals surface area contributed by atoms with Crippen molar-refractivity contribution in [3.05, 3.63) is 71.2 Å². The second kappa shape index (κ2) is 6.64. The Balaban J connectivity index is 1.59. The molecule has 0 bridgehead atoms. The van der Waals surface area contributed by atoms with Crippen LogP contribution in [-0.2, 0) is 13.6 Å². The van der Waals surface area contributed by atoms with Gasteiger partial charge in [-0.1, -0.05) is 34.1 Å². The van der Waals surface area contributed by atoms with E-state index in [4.69, 9.17) is 0 Å². The van der Waals surface area contributed by atoms with Crippen LogP contribution >= 0.6 is 15.9 Å². The predicted octanol–water partition coefficient (Wildman–Crippen LogP) is 4.40. The Bertz CT molecular complexity index is 1040. The van der Waals surface area contributed by atoms with Crippen LogP contribution in [0.1, 0.15) is 5.56 Å². The lowest BCUT2D eigenvalue weighted by Gasteiger charge is -2.09.